The van der Waals surface area contributed by atoms with Crippen molar-refractivity contribution in [2.75, 3.05) is 0 Å². The number of rotatable bonds is 0. The summed E-state index contributed by atoms with van der Waals surface area (Å²) in [6.45, 7) is 0. The molecule has 0 aromatic heterocycles. The zero-order chi connectivity index (χ0) is 3.54. The van der Waals surface area contributed by atoms with Crippen LogP contribution in [0, 0.1) is 20.9 Å². The minimum atomic E-state index is 0. The topological polar surface area (TPSA) is 0 Å². The summed E-state index contributed by atoms with van der Waals surface area (Å²) in [6, 6.07) is 0. The van der Waals surface area contributed by atoms with Crippen molar-refractivity contribution in [3.63, 3.8) is 0 Å². The van der Waals surface area contributed by atoms with E-state index in [1.54, 1.807) is 0 Å². The first-order valence-corrected chi connectivity index (χ1v) is 1.72. The smallest absolute Gasteiger partial charge is 1.00 e. The van der Waals surface area contributed by atoms with Crippen LogP contribution in [-0.2, 0) is 26.2 Å². The van der Waals surface area contributed by atoms with Gasteiger partial charge in [0.15, 0.2) is 0 Å². The summed E-state index contributed by atoms with van der Waals surface area (Å²) in [7, 11) is 0. The fourth-order valence-electron chi connectivity index (χ4n) is 0.340. The molecule has 1 aliphatic rings. The number of hydrogen-bond donors (Lipinski definition) is 0. The van der Waals surface area contributed by atoms with E-state index in [0.717, 1.165) is 6.42 Å². The van der Waals surface area contributed by atoms with Gasteiger partial charge in [-0.3, -0.25) is 6.08 Å². The van der Waals surface area contributed by atoms with Crippen molar-refractivity contribution >= 4 is 0 Å². The summed E-state index contributed by atoms with van der Waals surface area (Å²) in [5, 5.41) is 0. The number of allylic oxidation sites excluding steroid dienone is 4. The SMILES string of the molecule is [C-]1=CC=CC1.[CH3-].[CH3-].[H-].[Zr+3]. The maximum Gasteiger partial charge on any atom is 3.00 e. The van der Waals surface area contributed by atoms with Crippen molar-refractivity contribution in [2.24, 2.45) is 0 Å². The zero-order valence-corrected chi connectivity index (χ0v) is 7.90. The van der Waals surface area contributed by atoms with Gasteiger partial charge in [-0.2, -0.15) is 6.08 Å². The molecule has 0 N–H and O–H groups in total. The van der Waals surface area contributed by atoms with Crippen LogP contribution in [0.4, 0.5) is 0 Å². The van der Waals surface area contributed by atoms with Gasteiger partial charge in [0.05, 0.1) is 0 Å². The molecule has 0 aromatic carbocycles. The summed E-state index contributed by atoms with van der Waals surface area (Å²) >= 11 is 0. The summed E-state index contributed by atoms with van der Waals surface area (Å²) in [5.74, 6) is 0. The predicted molar refractivity (Wildman–Crippen MR) is 35.5 cm³/mol. The Morgan fingerprint density at radius 3 is 2.12 bits per heavy atom. The average Bonchev–Trinajstić information content (AvgIpc) is 1.76. The van der Waals surface area contributed by atoms with Crippen molar-refractivity contribution in [3.05, 3.63) is 39.2 Å². The fraction of sp³-hybridized carbons (Fsp3) is 0.143. The second-order valence-electron chi connectivity index (χ2n) is 1.00. The molecular formula is C7H12Zr-. The van der Waals surface area contributed by atoms with E-state index in [-0.39, 0.29) is 42.5 Å². The van der Waals surface area contributed by atoms with Gasteiger partial charge in [0, 0.05) is 0 Å². The molecule has 0 saturated heterocycles. The van der Waals surface area contributed by atoms with Crippen LogP contribution in [0.3, 0.4) is 0 Å². The summed E-state index contributed by atoms with van der Waals surface area (Å²) < 4.78 is 0. The molecule has 0 atom stereocenters. The van der Waals surface area contributed by atoms with Gasteiger partial charge in [0.2, 0.25) is 0 Å². The molecule has 0 fully saturated rings. The Morgan fingerprint density at radius 2 is 2.00 bits per heavy atom. The molecule has 1 aliphatic carbocycles. The molecule has 0 aliphatic heterocycles. The first-order chi connectivity index (χ1) is 2.50. The van der Waals surface area contributed by atoms with Gasteiger partial charge in [-0.25, -0.2) is 12.2 Å². The van der Waals surface area contributed by atoms with Crippen LogP contribution < -0.4 is 0 Å². The summed E-state index contributed by atoms with van der Waals surface area (Å²) in [5.41, 5.74) is 0. The largest absolute Gasteiger partial charge is 3.00 e. The van der Waals surface area contributed by atoms with Crippen LogP contribution in [0.5, 0.6) is 0 Å². The first kappa shape index (κ1) is 15.8. The van der Waals surface area contributed by atoms with E-state index in [0.29, 0.717) is 0 Å². The molecule has 0 amide bonds. The minimum absolute atomic E-state index is 0. The maximum absolute atomic E-state index is 2.99. The molecule has 0 nitrogen and oxygen atoms in total. The third-order valence-corrected chi connectivity index (χ3v) is 0.586. The second kappa shape index (κ2) is 10.4. The standard InChI is InChI=1S/C5H5.2CH3.Zr.H/c1-2-4-5-3-1;;;;/h1-3H,4H2;2*1H3;;/q3*-1;+3;-1. The average molecular weight is 187 g/mol. The molecule has 0 spiro atoms. The molecule has 0 unspecified atom stereocenters. The Kier molecular flexibility index (Phi) is 20.4. The maximum atomic E-state index is 2.99. The first-order valence-electron chi connectivity index (χ1n) is 1.72. The normalized spacial score (nSPS) is 11.0. The second-order valence-corrected chi connectivity index (χ2v) is 1.00. The molecule has 0 heterocycles. The molecule has 0 bridgehead atoms. The van der Waals surface area contributed by atoms with Crippen LogP contribution >= 0.6 is 0 Å². The van der Waals surface area contributed by atoms with E-state index in [9.17, 15) is 0 Å². The molecule has 1 rings (SSSR count). The molecule has 45 valence electrons. The summed E-state index contributed by atoms with van der Waals surface area (Å²) in [4.78, 5) is 0. The molecule has 0 saturated carbocycles. The van der Waals surface area contributed by atoms with Crippen molar-refractivity contribution in [3.8, 4) is 0 Å². The van der Waals surface area contributed by atoms with Crippen molar-refractivity contribution < 1.29 is 27.6 Å². The van der Waals surface area contributed by atoms with Crippen molar-refractivity contribution in [2.45, 2.75) is 6.42 Å². The van der Waals surface area contributed by atoms with E-state index < -0.39 is 0 Å². The Balaban J connectivity index is -0.0000000312. The Labute approximate surface area is 73.3 Å². The van der Waals surface area contributed by atoms with Gasteiger partial charge in [-0.05, 0) is 0 Å². The third kappa shape index (κ3) is 6.36. The van der Waals surface area contributed by atoms with Crippen molar-refractivity contribution in [1.29, 1.82) is 0 Å². The Hall–Kier alpha value is 0.363. The van der Waals surface area contributed by atoms with E-state index in [1.807, 2.05) is 12.2 Å². The van der Waals surface area contributed by atoms with Crippen LogP contribution in [-0.4, -0.2) is 0 Å². The van der Waals surface area contributed by atoms with Crippen LogP contribution in [0.2, 0.25) is 0 Å². The minimum Gasteiger partial charge on any atom is -1.00 e. The Bertz CT molecular complexity index is 67.0. The van der Waals surface area contributed by atoms with Crippen molar-refractivity contribution in [1.82, 2.24) is 0 Å². The van der Waals surface area contributed by atoms with Gasteiger partial charge >= 0.3 is 26.2 Å². The van der Waals surface area contributed by atoms with Gasteiger partial charge in [-0.1, -0.05) is 0 Å². The molecular weight excluding hydrogens is 175 g/mol. The van der Waals surface area contributed by atoms with E-state index >= 15 is 0 Å². The van der Waals surface area contributed by atoms with E-state index in [2.05, 4.69) is 12.2 Å². The molecule has 0 aromatic rings. The van der Waals surface area contributed by atoms with Gasteiger partial charge < -0.3 is 16.3 Å². The quantitative estimate of drug-likeness (QED) is 0.511. The number of hydrogen-bond acceptors (Lipinski definition) is 0. The molecule has 1 radical (unpaired) electrons. The third-order valence-electron chi connectivity index (χ3n) is 0.586. The van der Waals surface area contributed by atoms with Crippen LogP contribution in [0.15, 0.2) is 18.2 Å². The monoisotopic (exact) mass is 186 g/mol. The van der Waals surface area contributed by atoms with Gasteiger partial charge in [0.25, 0.3) is 0 Å². The van der Waals surface area contributed by atoms with Gasteiger partial charge in [0.1, 0.15) is 0 Å². The predicted octanol–water partition coefficient (Wildman–Crippen LogP) is 2.32. The summed E-state index contributed by atoms with van der Waals surface area (Å²) in [6.07, 6.45) is 10.0. The van der Waals surface area contributed by atoms with Gasteiger partial charge in [-0.15, -0.1) is 6.42 Å². The Morgan fingerprint density at radius 1 is 1.38 bits per heavy atom. The zero-order valence-electron chi connectivity index (χ0n) is 6.44. The van der Waals surface area contributed by atoms with E-state index in [1.165, 1.54) is 0 Å². The fourth-order valence-corrected chi connectivity index (χ4v) is 0.340. The van der Waals surface area contributed by atoms with Crippen LogP contribution in [0.25, 0.3) is 0 Å². The van der Waals surface area contributed by atoms with Crippen LogP contribution in [0.1, 0.15) is 7.85 Å². The van der Waals surface area contributed by atoms with E-state index in [4.69, 9.17) is 0 Å². The molecule has 8 heavy (non-hydrogen) atoms. The molecule has 1 heteroatoms.